The zero-order chi connectivity index (χ0) is 17.6. The van der Waals surface area contributed by atoms with Crippen LogP contribution < -0.4 is 10.6 Å². The molecule has 0 atom stereocenters. The lowest BCUT2D eigenvalue weighted by Crippen LogP contribution is -2.31. The van der Waals surface area contributed by atoms with Gasteiger partial charge in [-0.25, -0.2) is 4.98 Å². The standard InChI is InChI=1S/C18H27N5O2/c1-25-16-8-4-14(5-9-16)22-18-20-11-12(10-19)17(23-18)21-13-2-6-15(24)7-3-13/h11,13-16,24H,2-9H2,1H3,(H2,20,21,22,23)/t13-,14?,15+,16?. The van der Waals surface area contributed by atoms with E-state index in [0.29, 0.717) is 29.5 Å². The lowest BCUT2D eigenvalue weighted by Gasteiger charge is -2.29. The van der Waals surface area contributed by atoms with Crippen molar-refractivity contribution in [2.24, 2.45) is 0 Å². The molecule has 2 saturated carbocycles. The zero-order valence-electron chi connectivity index (χ0n) is 14.7. The molecule has 0 radical (unpaired) electrons. The fourth-order valence-electron chi connectivity index (χ4n) is 3.68. The van der Waals surface area contributed by atoms with Crippen LogP contribution in [0, 0.1) is 11.3 Å². The van der Waals surface area contributed by atoms with Crippen molar-refractivity contribution in [3.63, 3.8) is 0 Å². The Labute approximate surface area is 148 Å². The molecule has 2 fully saturated rings. The van der Waals surface area contributed by atoms with Crippen LogP contribution >= 0.6 is 0 Å². The van der Waals surface area contributed by atoms with Gasteiger partial charge in [0, 0.05) is 19.2 Å². The first-order valence-corrected chi connectivity index (χ1v) is 9.19. The maximum atomic E-state index is 9.63. The van der Waals surface area contributed by atoms with Gasteiger partial charge in [0.05, 0.1) is 18.4 Å². The van der Waals surface area contributed by atoms with Crippen LogP contribution in [0.1, 0.15) is 56.9 Å². The van der Waals surface area contributed by atoms with Crippen molar-refractivity contribution >= 4 is 11.8 Å². The van der Waals surface area contributed by atoms with Crippen LogP contribution in [0.15, 0.2) is 6.20 Å². The van der Waals surface area contributed by atoms with Crippen LogP contribution in [-0.4, -0.2) is 46.5 Å². The number of nitrogens with one attached hydrogen (secondary N) is 2. The SMILES string of the molecule is COC1CCC(Nc2ncc(C#N)c(N[C@H]3CC[C@@H](O)CC3)n2)CC1. The molecule has 2 aliphatic rings. The molecule has 0 amide bonds. The minimum absolute atomic E-state index is 0.196. The van der Waals surface area contributed by atoms with Crippen molar-refractivity contribution in [1.82, 2.24) is 9.97 Å². The Morgan fingerprint density at radius 1 is 1.08 bits per heavy atom. The quantitative estimate of drug-likeness (QED) is 0.753. The van der Waals surface area contributed by atoms with Crippen LogP contribution in [0.4, 0.5) is 11.8 Å². The van der Waals surface area contributed by atoms with E-state index < -0.39 is 0 Å². The van der Waals surface area contributed by atoms with Crippen molar-refractivity contribution in [3.8, 4) is 6.07 Å². The minimum Gasteiger partial charge on any atom is -0.393 e. The molecule has 3 rings (SSSR count). The smallest absolute Gasteiger partial charge is 0.224 e. The van der Waals surface area contributed by atoms with Gasteiger partial charge in [-0.1, -0.05) is 0 Å². The van der Waals surface area contributed by atoms with E-state index in [0.717, 1.165) is 51.4 Å². The molecule has 1 aromatic rings. The van der Waals surface area contributed by atoms with Crippen LogP contribution in [0.25, 0.3) is 0 Å². The van der Waals surface area contributed by atoms with Gasteiger partial charge in [-0.2, -0.15) is 10.2 Å². The predicted molar refractivity (Wildman–Crippen MR) is 95.3 cm³/mol. The Balaban J connectivity index is 1.62. The molecule has 7 heteroatoms. The minimum atomic E-state index is -0.196. The molecule has 0 saturated heterocycles. The summed E-state index contributed by atoms with van der Waals surface area (Å²) in [4.78, 5) is 8.83. The van der Waals surface area contributed by atoms with Gasteiger partial charge in [-0.15, -0.1) is 0 Å². The summed E-state index contributed by atoms with van der Waals surface area (Å²) in [5.74, 6) is 1.16. The zero-order valence-corrected chi connectivity index (χ0v) is 14.7. The number of anilines is 2. The Morgan fingerprint density at radius 2 is 1.72 bits per heavy atom. The number of nitriles is 1. The van der Waals surface area contributed by atoms with E-state index in [4.69, 9.17) is 4.74 Å². The molecule has 25 heavy (non-hydrogen) atoms. The molecule has 1 aromatic heterocycles. The summed E-state index contributed by atoms with van der Waals surface area (Å²) in [7, 11) is 1.77. The fraction of sp³-hybridized carbons (Fsp3) is 0.722. The number of aliphatic hydroxyl groups excluding tert-OH is 1. The molecule has 0 unspecified atom stereocenters. The molecule has 3 N–H and O–H groups in total. The first-order valence-electron chi connectivity index (χ1n) is 9.19. The molecular weight excluding hydrogens is 318 g/mol. The Bertz CT molecular complexity index is 602. The monoisotopic (exact) mass is 345 g/mol. The van der Waals surface area contributed by atoms with Crippen LogP contribution in [0.5, 0.6) is 0 Å². The Morgan fingerprint density at radius 3 is 2.36 bits per heavy atom. The van der Waals surface area contributed by atoms with E-state index in [2.05, 4.69) is 26.7 Å². The summed E-state index contributed by atoms with van der Waals surface area (Å²) in [6.07, 6.45) is 9.25. The van der Waals surface area contributed by atoms with Crippen LogP contribution in [-0.2, 0) is 4.74 Å². The number of hydrogen-bond donors (Lipinski definition) is 3. The van der Waals surface area contributed by atoms with Gasteiger partial charge >= 0.3 is 0 Å². The molecule has 1 heterocycles. The first-order chi connectivity index (χ1) is 12.2. The fourth-order valence-corrected chi connectivity index (χ4v) is 3.68. The number of methoxy groups -OCH3 is 1. The molecule has 136 valence electrons. The topological polar surface area (TPSA) is 103 Å². The van der Waals surface area contributed by atoms with Crippen molar-refractivity contribution in [2.75, 3.05) is 17.7 Å². The molecular formula is C18H27N5O2. The number of ether oxygens (including phenoxy) is 1. The highest BCUT2D eigenvalue weighted by Crippen LogP contribution is 2.25. The normalized spacial score (nSPS) is 29.6. The third kappa shape index (κ3) is 4.80. The van der Waals surface area contributed by atoms with Crippen molar-refractivity contribution < 1.29 is 9.84 Å². The second kappa shape index (κ2) is 8.45. The van der Waals surface area contributed by atoms with Crippen molar-refractivity contribution in [1.29, 1.82) is 5.26 Å². The largest absolute Gasteiger partial charge is 0.393 e. The highest BCUT2D eigenvalue weighted by atomic mass is 16.5. The van der Waals surface area contributed by atoms with E-state index in [1.807, 2.05) is 0 Å². The van der Waals surface area contributed by atoms with Crippen molar-refractivity contribution in [2.45, 2.75) is 75.7 Å². The van der Waals surface area contributed by atoms with E-state index in [1.54, 1.807) is 13.3 Å². The molecule has 0 spiro atoms. The number of rotatable bonds is 5. The van der Waals surface area contributed by atoms with E-state index in [9.17, 15) is 10.4 Å². The Kier molecular flexibility index (Phi) is 6.05. The lowest BCUT2D eigenvalue weighted by molar-refractivity contribution is 0.0681. The summed E-state index contributed by atoms with van der Waals surface area (Å²) >= 11 is 0. The molecule has 7 nitrogen and oxygen atoms in total. The molecule has 2 aliphatic carbocycles. The van der Waals surface area contributed by atoms with Gasteiger partial charge in [0.2, 0.25) is 5.95 Å². The second-order valence-corrected chi connectivity index (χ2v) is 7.07. The van der Waals surface area contributed by atoms with Crippen molar-refractivity contribution in [3.05, 3.63) is 11.8 Å². The average molecular weight is 345 g/mol. The average Bonchev–Trinajstić information content (AvgIpc) is 2.64. The molecule has 0 bridgehead atoms. The van der Waals surface area contributed by atoms with Crippen LogP contribution in [0.3, 0.4) is 0 Å². The number of aromatic nitrogens is 2. The molecule has 0 aromatic carbocycles. The van der Waals surface area contributed by atoms with Gasteiger partial charge in [0.25, 0.3) is 0 Å². The van der Waals surface area contributed by atoms with Gasteiger partial charge in [0.15, 0.2) is 0 Å². The number of nitrogens with zero attached hydrogens (tertiary/aromatic N) is 3. The predicted octanol–water partition coefficient (Wildman–Crippen LogP) is 2.43. The third-order valence-corrected chi connectivity index (χ3v) is 5.29. The van der Waals surface area contributed by atoms with E-state index >= 15 is 0 Å². The highest BCUT2D eigenvalue weighted by molar-refractivity contribution is 5.54. The van der Waals surface area contributed by atoms with Gasteiger partial charge in [-0.3, -0.25) is 0 Å². The number of aliphatic hydroxyl groups is 1. The van der Waals surface area contributed by atoms with Crippen LogP contribution in [0.2, 0.25) is 0 Å². The summed E-state index contributed by atoms with van der Waals surface area (Å²) in [5, 5.41) is 25.7. The third-order valence-electron chi connectivity index (χ3n) is 5.29. The highest BCUT2D eigenvalue weighted by Gasteiger charge is 2.23. The number of hydrogen-bond acceptors (Lipinski definition) is 7. The lowest BCUT2D eigenvalue weighted by atomic mass is 9.93. The maximum absolute atomic E-state index is 9.63. The maximum Gasteiger partial charge on any atom is 0.224 e. The van der Waals surface area contributed by atoms with E-state index in [-0.39, 0.29) is 12.1 Å². The summed E-state index contributed by atoms with van der Waals surface area (Å²) in [6, 6.07) is 2.75. The van der Waals surface area contributed by atoms with E-state index in [1.165, 1.54) is 0 Å². The van der Waals surface area contributed by atoms with Gasteiger partial charge in [-0.05, 0) is 51.4 Å². The van der Waals surface area contributed by atoms with Gasteiger partial charge in [0.1, 0.15) is 17.5 Å². The second-order valence-electron chi connectivity index (χ2n) is 7.07. The Hall–Kier alpha value is -1.91. The summed E-state index contributed by atoms with van der Waals surface area (Å²) in [6.45, 7) is 0. The summed E-state index contributed by atoms with van der Waals surface area (Å²) in [5.41, 5.74) is 0.458. The first kappa shape index (κ1) is 17.9. The van der Waals surface area contributed by atoms with Gasteiger partial charge < -0.3 is 20.5 Å². The molecule has 0 aliphatic heterocycles. The summed E-state index contributed by atoms with van der Waals surface area (Å²) < 4.78 is 5.41.